The number of hydrogen-bond donors (Lipinski definition) is 1. The Morgan fingerprint density at radius 3 is 2.57 bits per heavy atom. The van der Waals surface area contributed by atoms with Crippen molar-refractivity contribution in [3.63, 3.8) is 0 Å². The third-order valence-electron chi connectivity index (χ3n) is 1.62. The van der Waals surface area contributed by atoms with Gasteiger partial charge in [0.25, 0.3) is 0 Å². The van der Waals surface area contributed by atoms with Gasteiger partial charge >= 0.3 is 0 Å². The van der Waals surface area contributed by atoms with Crippen LogP contribution >= 0.6 is 15.9 Å². The Bertz CT molecular complexity index is 353. The lowest BCUT2D eigenvalue weighted by molar-refractivity contribution is -0.115. The van der Waals surface area contributed by atoms with Crippen LogP contribution in [0, 0.1) is 11.3 Å². The first-order valence-electron chi connectivity index (χ1n) is 4.12. The molecule has 1 rings (SSSR count). The number of hydrogen-bond acceptors (Lipinski definition) is 2. The normalized spacial score (nSPS) is 9.14. The summed E-state index contributed by atoms with van der Waals surface area (Å²) in [6.45, 7) is 0. The predicted molar refractivity (Wildman–Crippen MR) is 58.2 cm³/mol. The Morgan fingerprint density at radius 2 is 2.07 bits per heavy atom. The Hall–Kier alpha value is -1.34. The van der Waals surface area contributed by atoms with Crippen LogP contribution in [0.15, 0.2) is 24.3 Å². The summed E-state index contributed by atoms with van der Waals surface area (Å²) in [5.74, 6) is -0.0356. The van der Waals surface area contributed by atoms with Crippen LogP contribution in [-0.4, -0.2) is 11.2 Å². The van der Waals surface area contributed by atoms with Crippen LogP contribution in [0.25, 0.3) is 0 Å². The molecule has 0 bridgehead atoms. The Morgan fingerprint density at radius 1 is 1.43 bits per heavy atom. The second kappa shape index (κ2) is 5.40. The Balaban J connectivity index is 2.61. The SMILES string of the molecule is N#Cc1ccc(NC(=O)CCBr)cc1. The highest BCUT2D eigenvalue weighted by Crippen LogP contribution is 2.09. The van der Waals surface area contributed by atoms with Crippen molar-refractivity contribution in [2.75, 3.05) is 10.6 Å². The topological polar surface area (TPSA) is 52.9 Å². The number of amides is 1. The average Bonchev–Trinajstić information content (AvgIpc) is 2.19. The Labute approximate surface area is 90.9 Å². The molecule has 0 aromatic heterocycles. The van der Waals surface area contributed by atoms with E-state index in [1.54, 1.807) is 24.3 Å². The molecule has 0 radical (unpaired) electrons. The first kappa shape index (κ1) is 10.7. The molecule has 0 aliphatic heterocycles. The number of nitrogens with zero attached hydrogens (tertiary/aromatic N) is 1. The zero-order valence-corrected chi connectivity index (χ0v) is 9.04. The molecule has 0 spiro atoms. The predicted octanol–water partition coefficient (Wildman–Crippen LogP) is 2.28. The summed E-state index contributed by atoms with van der Waals surface area (Å²) in [5.41, 5.74) is 1.30. The van der Waals surface area contributed by atoms with E-state index in [4.69, 9.17) is 5.26 Å². The average molecular weight is 253 g/mol. The minimum atomic E-state index is -0.0356. The lowest BCUT2D eigenvalue weighted by atomic mass is 10.2. The third-order valence-corrected chi connectivity index (χ3v) is 2.02. The van der Waals surface area contributed by atoms with Gasteiger partial charge in [0.2, 0.25) is 5.91 Å². The van der Waals surface area contributed by atoms with Gasteiger partial charge in [0.15, 0.2) is 0 Å². The summed E-state index contributed by atoms with van der Waals surface area (Å²) >= 11 is 3.18. The number of anilines is 1. The second-order valence-corrected chi connectivity index (χ2v) is 3.47. The van der Waals surface area contributed by atoms with Crippen LogP contribution < -0.4 is 5.32 Å². The maximum Gasteiger partial charge on any atom is 0.225 e. The van der Waals surface area contributed by atoms with Gasteiger partial charge in [-0.05, 0) is 24.3 Å². The molecule has 4 heteroatoms. The van der Waals surface area contributed by atoms with Gasteiger partial charge in [-0.1, -0.05) is 15.9 Å². The number of nitriles is 1. The molecule has 1 aromatic carbocycles. The van der Waals surface area contributed by atoms with E-state index in [9.17, 15) is 4.79 Å². The fourth-order valence-electron chi connectivity index (χ4n) is 0.937. The van der Waals surface area contributed by atoms with Crippen LogP contribution in [0.1, 0.15) is 12.0 Å². The quantitative estimate of drug-likeness (QED) is 0.840. The van der Waals surface area contributed by atoms with E-state index in [-0.39, 0.29) is 5.91 Å². The summed E-state index contributed by atoms with van der Waals surface area (Å²) < 4.78 is 0. The van der Waals surface area contributed by atoms with Gasteiger partial charge < -0.3 is 5.32 Å². The molecule has 0 unspecified atom stereocenters. The van der Waals surface area contributed by atoms with Gasteiger partial charge in [-0.2, -0.15) is 5.26 Å². The van der Waals surface area contributed by atoms with Crippen molar-refractivity contribution in [1.82, 2.24) is 0 Å². The maximum atomic E-state index is 11.2. The second-order valence-electron chi connectivity index (χ2n) is 2.68. The fourth-order valence-corrected chi connectivity index (χ4v) is 1.30. The first-order valence-corrected chi connectivity index (χ1v) is 5.24. The number of alkyl halides is 1. The van der Waals surface area contributed by atoms with Crippen LogP contribution in [0.3, 0.4) is 0 Å². The number of nitrogens with one attached hydrogen (secondary N) is 1. The summed E-state index contributed by atoms with van der Waals surface area (Å²) in [6, 6.07) is 8.78. The van der Waals surface area contributed by atoms with Crippen molar-refractivity contribution in [1.29, 1.82) is 5.26 Å². The number of halogens is 1. The maximum absolute atomic E-state index is 11.2. The number of benzene rings is 1. The van der Waals surface area contributed by atoms with E-state index in [0.717, 1.165) is 5.69 Å². The summed E-state index contributed by atoms with van der Waals surface area (Å²) in [7, 11) is 0. The molecule has 1 aromatic rings. The van der Waals surface area contributed by atoms with E-state index in [2.05, 4.69) is 21.2 Å². The standard InChI is InChI=1S/C10H9BrN2O/c11-6-5-10(14)13-9-3-1-8(7-12)2-4-9/h1-4H,5-6H2,(H,13,14). The zero-order chi connectivity index (χ0) is 10.4. The molecule has 1 amide bonds. The summed E-state index contributed by atoms with van der Waals surface area (Å²) in [4.78, 5) is 11.2. The molecule has 0 fully saturated rings. The van der Waals surface area contributed by atoms with Crippen molar-refractivity contribution in [2.24, 2.45) is 0 Å². The molecule has 0 aliphatic rings. The van der Waals surface area contributed by atoms with Crippen LogP contribution in [-0.2, 0) is 4.79 Å². The van der Waals surface area contributed by atoms with Gasteiger partial charge in [-0.15, -0.1) is 0 Å². The highest BCUT2D eigenvalue weighted by atomic mass is 79.9. The van der Waals surface area contributed by atoms with Gasteiger partial charge in [0.1, 0.15) is 0 Å². The molecule has 0 atom stereocenters. The monoisotopic (exact) mass is 252 g/mol. The smallest absolute Gasteiger partial charge is 0.225 e. The number of carbonyl (C=O) groups excluding carboxylic acids is 1. The van der Waals surface area contributed by atoms with Crippen LogP contribution in [0.5, 0.6) is 0 Å². The molecular weight excluding hydrogens is 244 g/mol. The first-order chi connectivity index (χ1) is 6.76. The van der Waals surface area contributed by atoms with E-state index in [0.29, 0.717) is 17.3 Å². The van der Waals surface area contributed by atoms with E-state index in [1.807, 2.05) is 6.07 Å². The molecule has 0 aliphatic carbocycles. The zero-order valence-electron chi connectivity index (χ0n) is 7.46. The van der Waals surface area contributed by atoms with Gasteiger partial charge in [-0.3, -0.25) is 4.79 Å². The molecule has 0 heterocycles. The largest absolute Gasteiger partial charge is 0.326 e. The fraction of sp³-hybridized carbons (Fsp3) is 0.200. The number of rotatable bonds is 3. The molecular formula is C10H9BrN2O. The van der Waals surface area contributed by atoms with Gasteiger partial charge in [0.05, 0.1) is 11.6 Å². The molecule has 72 valence electrons. The lowest BCUT2D eigenvalue weighted by Crippen LogP contribution is -2.11. The van der Waals surface area contributed by atoms with Crippen molar-refractivity contribution in [2.45, 2.75) is 6.42 Å². The van der Waals surface area contributed by atoms with E-state index in [1.165, 1.54) is 0 Å². The van der Waals surface area contributed by atoms with Gasteiger partial charge in [0, 0.05) is 17.4 Å². The molecule has 14 heavy (non-hydrogen) atoms. The third kappa shape index (κ3) is 3.19. The van der Waals surface area contributed by atoms with Gasteiger partial charge in [-0.25, -0.2) is 0 Å². The molecule has 0 saturated heterocycles. The van der Waals surface area contributed by atoms with Crippen molar-refractivity contribution < 1.29 is 4.79 Å². The lowest BCUT2D eigenvalue weighted by Gasteiger charge is -2.02. The van der Waals surface area contributed by atoms with Crippen molar-refractivity contribution in [3.05, 3.63) is 29.8 Å². The number of carbonyl (C=O) groups is 1. The molecule has 3 nitrogen and oxygen atoms in total. The van der Waals surface area contributed by atoms with E-state index < -0.39 is 0 Å². The van der Waals surface area contributed by atoms with Crippen LogP contribution in [0.2, 0.25) is 0 Å². The summed E-state index contributed by atoms with van der Waals surface area (Å²) in [5, 5.41) is 11.9. The van der Waals surface area contributed by atoms with E-state index >= 15 is 0 Å². The summed E-state index contributed by atoms with van der Waals surface area (Å²) in [6.07, 6.45) is 0.444. The highest BCUT2D eigenvalue weighted by molar-refractivity contribution is 9.09. The van der Waals surface area contributed by atoms with Crippen molar-refractivity contribution in [3.8, 4) is 6.07 Å². The molecule has 0 saturated carbocycles. The minimum absolute atomic E-state index is 0.0356. The molecule has 1 N–H and O–H groups in total. The Kier molecular flexibility index (Phi) is 4.14. The minimum Gasteiger partial charge on any atom is -0.326 e. The highest BCUT2D eigenvalue weighted by Gasteiger charge is 2.00. The van der Waals surface area contributed by atoms with Crippen LogP contribution in [0.4, 0.5) is 5.69 Å². The van der Waals surface area contributed by atoms with Crippen molar-refractivity contribution >= 4 is 27.5 Å².